The lowest BCUT2D eigenvalue weighted by atomic mass is 9.50. The van der Waals surface area contributed by atoms with E-state index in [1.165, 1.54) is 19.3 Å². The Morgan fingerprint density at radius 1 is 0.824 bits per heavy atom. The average molecular weight is 236 g/mol. The van der Waals surface area contributed by atoms with Crippen LogP contribution < -0.4 is 0 Å². The van der Waals surface area contributed by atoms with Crippen LogP contribution >= 0.6 is 0 Å². The van der Waals surface area contributed by atoms with Gasteiger partial charge in [0.05, 0.1) is 0 Å². The number of fused-ring (bicyclic) bond motifs is 2. The van der Waals surface area contributed by atoms with Gasteiger partial charge in [0, 0.05) is 5.41 Å². The largest absolute Gasteiger partial charge is 0.225 e. The van der Waals surface area contributed by atoms with E-state index >= 15 is 0 Å². The first-order chi connectivity index (χ1) is 7.83. The zero-order chi connectivity index (χ0) is 12.4. The molecule has 17 heavy (non-hydrogen) atoms. The normalized spacial score (nSPS) is 52.0. The Kier molecular flexibility index (Phi) is 2.18. The maximum Gasteiger partial charge on any atom is 0.128 e. The molecule has 1 saturated heterocycles. The van der Waals surface area contributed by atoms with Gasteiger partial charge in [0.15, 0.2) is 0 Å². The van der Waals surface area contributed by atoms with Gasteiger partial charge in [0.2, 0.25) is 0 Å². The van der Waals surface area contributed by atoms with E-state index in [0.717, 1.165) is 12.8 Å². The fourth-order valence-corrected chi connectivity index (χ4v) is 4.03. The molecule has 2 aliphatic carbocycles. The highest BCUT2D eigenvalue weighted by molar-refractivity contribution is 5.23. The van der Waals surface area contributed by atoms with E-state index in [9.17, 15) is 0 Å². The van der Waals surface area contributed by atoms with Crippen molar-refractivity contribution in [2.45, 2.75) is 71.0 Å². The molecular formula is C15H24O2. The van der Waals surface area contributed by atoms with Gasteiger partial charge in [0.1, 0.15) is 11.2 Å². The minimum atomic E-state index is -0.207. The maximum atomic E-state index is 5.95. The van der Waals surface area contributed by atoms with Crippen molar-refractivity contribution < 1.29 is 9.78 Å². The van der Waals surface area contributed by atoms with E-state index in [-0.39, 0.29) is 16.6 Å². The first-order valence-corrected chi connectivity index (χ1v) is 6.90. The van der Waals surface area contributed by atoms with E-state index < -0.39 is 0 Å². The summed E-state index contributed by atoms with van der Waals surface area (Å²) in [5.41, 5.74) is 0.101. The molecule has 0 aromatic rings. The molecule has 0 radical (unpaired) electrons. The van der Waals surface area contributed by atoms with Gasteiger partial charge in [-0.05, 0) is 44.4 Å². The van der Waals surface area contributed by atoms with Crippen molar-refractivity contribution in [2.75, 3.05) is 0 Å². The third kappa shape index (κ3) is 1.34. The molecule has 4 aliphatic rings. The Labute approximate surface area is 104 Å². The molecule has 2 aliphatic heterocycles. The van der Waals surface area contributed by atoms with Crippen molar-refractivity contribution in [1.82, 2.24) is 0 Å². The van der Waals surface area contributed by atoms with Crippen LogP contribution in [0, 0.1) is 10.8 Å². The SMILES string of the molecule is CC1(C)CCCC23C=C[C@](C)(CC[C@@]12C)OO3. The lowest BCUT2D eigenvalue weighted by molar-refractivity contribution is -0.415. The van der Waals surface area contributed by atoms with Crippen molar-refractivity contribution in [1.29, 1.82) is 0 Å². The van der Waals surface area contributed by atoms with Crippen LogP contribution in [0.3, 0.4) is 0 Å². The van der Waals surface area contributed by atoms with Gasteiger partial charge in [-0.1, -0.05) is 32.9 Å². The third-order valence-electron chi connectivity index (χ3n) is 5.98. The van der Waals surface area contributed by atoms with Crippen LogP contribution in [0.15, 0.2) is 12.2 Å². The molecule has 1 saturated carbocycles. The van der Waals surface area contributed by atoms with Crippen LogP contribution in [0.5, 0.6) is 0 Å². The van der Waals surface area contributed by atoms with Crippen LogP contribution in [-0.2, 0) is 9.78 Å². The van der Waals surface area contributed by atoms with Crippen LogP contribution in [0.4, 0.5) is 0 Å². The highest BCUT2D eigenvalue weighted by atomic mass is 17.2. The van der Waals surface area contributed by atoms with E-state index in [1.54, 1.807) is 0 Å². The van der Waals surface area contributed by atoms with Gasteiger partial charge in [-0.15, -0.1) is 0 Å². The summed E-state index contributed by atoms with van der Waals surface area (Å²) in [6.07, 6.45) is 10.4. The van der Waals surface area contributed by atoms with Gasteiger partial charge in [-0.2, -0.15) is 0 Å². The molecule has 0 aromatic heterocycles. The Hall–Kier alpha value is -0.340. The van der Waals surface area contributed by atoms with Crippen LogP contribution in [0.25, 0.3) is 0 Å². The van der Waals surface area contributed by atoms with Crippen molar-refractivity contribution in [3.05, 3.63) is 12.2 Å². The van der Waals surface area contributed by atoms with Gasteiger partial charge in [-0.3, -0.25) is 0 Å². The number of hydrogen-bond acceptors (Lipinski definition) is 2. The Bertz CT molecular complexity index is 373. The molecule has 3 atom stereocenters. The van der Waals surface area contributed by atoms with E-state index in [0.29, 0.717) is 5.41 Å². The Balaban J connectivity index is 2.12. The van der Waals surface area contributed by atoms with Crippen molar-refractivity contribution in [3.63, 3.8) is 0 Å². The van der Waals surface area contributed by atoms with Crippen molar-refractivity contribution in [3.8, 4) is 0 Å². The van der Waals surface area contributed by atoms with E-state index in [4.69, 9.17) is 9.78 Å². The summed E-state index contributed by atoms with van der Waals surface area (Å²) in [5.74, 6) is 0. The zero-order valence-electron chi connectivity index (χ0n) is 11.5. The van der Waals surface area contributed by atoms with Gasteiger partial charge >= 0.3 is 0 Å². The molecule has 2 heteroatoms. The molecule has 2 heterocycles. The third-order valence-corrected chi connectivity index (χ3v) is 5.98. The van der Waals surface area contributed by atoms with Crippen LogP contribution in [0.1, 0.15) is 59.8 Å². The standard InChI is InChI=1S/C15H24O2/c1-12(2)6-5-7-15-11-9-13(3,16-17-15)8-10-14(12,15)4/h9,11H,5-8,10H2,1-4H3/t13-,14-,15?/m0/s1. The molecule has 1 spiro atoms. The van der Waals surface area contributed by atoms with Crippen LogP contribution in [0.2, 0.25) is 0 Å². The molecule has 96 valence electrons. The zero-order valence-corrected chi connectivity index (χ0v) is 11.5. The minimum absolute atomic E-state index is 0.184. The maximum absolute atomic E-state index is 5.95. The summed E-state index contributed by atoms with van der Waals surface area (Å²) in [7, 11) is 0. The Morgan fingerprint density at radius 2 is 1.59 bits per heavy atom. The lowest BCUT2D eigenvalue weighted by Crippen LogP contribution is -2.57. The highest BCUT2D eigenvalue weighted by Crippen LogP contribution is 2.63. The summed E-state index contributed by atoms with van der Waals surface area (Å²) in [6, 6.07) is 0. The molecule has 2 bridgehead atoms. The summed E-state index contributed by atoms with van der Waals surface area (Å²) < 4.78 is 0. The van der Waals surface area contributed by atoms with E-state index in [2.05, 4.69) is 39.8 Å². The predicted octanol–water partition coefficient (Wildman–Crippen LogP) is 4.01. The summed E-state index contributed by atoms with van der Waals surface area (Å²) >= 11 is 0. The fraction of sp³-hybridized carbons (Fsp3) is 0.867. The van der Waals surface area contributed by atoms with Crippen molar-refractivity contribution in [2.24, 2.45) is 10.8 Å². The van der Waals surface area contributed by atoms with Crippen molar-refractivity contribution >= 4 is 0 Å². The summed E-state index contributed by atoms with van der Waals surface area (Å²) in [5, 5.41) is 0. The topological polar surface area (TPSA) is 18.5 Å². The van der Waals surface area contributed by atoms with Gasteiger partial charge in [0.25, 0.3) is 0 Å². The van der Waals surface area contributed by atoms with Crippen LogP contribution in [-0.4, -0.2) is 11.2 Å². The lowest BCUT2D eigenvalue weighted by Gasteiger charge is -2.57. The predicted molar refractivity (Wildman–Crippen MR) is 67.4 cm³/mol. The molecule has 4 rings (SSSR count). The molecule has 2 nitrogen and oxygen atoms in total. The molecule has 1 unspecified atom stereocenters. The molecule has 0 N–H and O–H groups in total. The summed E-state index contributed by atoms with van der Waals surface area (Å²) in [6.45, 7) is 9.32. The molecular weight excluding hydrogens is 212 g/mol. The molecule has 0 amide bonds. The second-order valence-corrected chi connectivity index (χ2v) is 7.27. The summed E-state index contributed by atoms with van der Waals surface area (Å²) in [4.78, 5) is 11.7. The van der Waals surface area contributed by atoms with Gasteiger partial charge in [-0.25, -0.2) is 9.78 Å². The average Bonchev–Trinajstić information content (AvgIpc) is 2.45. The number of rotatable bonds is 0. The van der Waals surface area contributed by atoms with Gasteiger partial charge < -0.3 is 0 Å². The van der Waals surface area contributed by atoms with E-state index in [1.807, 2.05) is 0 Å². The fourth-order valence-electron chi connectivity index (χ4n) is 4.03. The molecule has 0 aromatic carbocycles. The second kappa shape index (κ2) is 3.16. The first kappa shape index (κ1) is 11.7. The quantitative estimate of drug-likeness (QED) is 0.467. The smallest absolute Gasteiger partial charge is 0.128 e. The Morgan fingerprint density at radius 3 is 2.24 bits per heavy atom. The molecule has 2 fully saturated rings. The monoisotopic (exact) mass is 236 g/mol. The minimum Gasteiger partial charge on any atom is -0.225 e. The second-order valence-electron chi connectivity index (χ2n) is 7.27. The number of hydrogen-bond donors (Lipinski definition) is 0. The first-order valence-electron chi connectivity index (χ1n) is 6.90. The highest BCUT2D eigenvalue weighted by Gasteiger charge is 2.62.